The highest BCUT2D eigenvalue weighted by atomic mass is 16.5. The van der Waals surface area contributed by atoms with Crippen molar-refractivity contribution >= 4 is 5.91 Å². The van der Waals surface area contributed by atoms with E-state index in [9.17, 15) is 4.79 Å². The van der Waals surface area contributed by atoms with Crippen molar-refractivity contribution in [3.63, 3.8) is 0 Å². The zero-order chi connectivity index (χ0) is 17.2. The fraction of sp³-hybridized carbons (Fsp3) is 0.474. The fourth-order valence-corrected chi connectivity index (χ4v) is 3.73. The van der Waals surface area contributed by atoms with Crippen molar-refractivity contribution in [3.8, 4) is 5.75 Å². The maximum atomic E-state index is 12.7. The number of carbonyl (C=O) groups is 1. The molecule has 2 unspecified atom stereocenters. The van der Waals surface area contributed by atoms with Gasteiger partial charge in [0.25, 0.3) is 5.91 Å². The number of rotatable bonds is 5. The molecular weight excluding hydrogens is 320 g/mol. The van der Waals surface area contributed by atoms with Crippen molar-refractivity contribution in [2.45, 2.75) is 44.8 Å². The van der Waals surface area contributed by atoms with Gasteiger partial charge in [0.2, 0.25) is 0 Å². The smallest absolute Gasteiger partial charge is 0.274 e. The largest absolute Gasteiger partial charge is 0.494 e. The van der Waals surface area contributed by atoms with E-state index in [0.717, 1.165) is 37.0 Å². The second-order valence-corrected chi connectivity index (χ2v) is 6.39. The summed E-state index contributed by atoms with van der Waals surface area (Å²) in [5.41, 5.74) is 2.65. The molecule has 0 saturated carbocycles. The highest BCUT2D eigenvalue weighted by Crippen LogP contribution is 2.37. The van der Waals surface area contributed by atoms with Crippen molar-refractivity contribution in [1.29, 1.82) is 0 Å². The first-order valence-corrected chi connectivity index (χ1v) is 8.88. The average molecular weight is 342 g/mol. The molecule has 2 aromatic rings. The number of hydrogen-bond donors (Lipinski definition) is 1. The molecule has 1 fully saturated rings. The molecule has 1 aromatic heterocycles. The molecule has 1 N–H and O–H groups in total. The number of oxazole rings is 1. The van der Waals surface area contributed by atoms with Gasteiger partial charge in [-0.05, 0) is 49.8 Å². The number of ether oxygens (including phenoxy) is 2. The van der Waals surface area contributed by atoms with Crippen LogP contribution >= 0.6 is 0 Å². The van der Waals surface area contributed by atoms with Gasteiger partial charge in [-0.1, -0.05) is 12.1 Å². The van der Waals surface area contributed by atoms with E-state index in [1.165, 1.54) is 12.0 Å². The molecule has 6 heteroatoms. The van der Waals surface area contributed by atoms with E-state index in [4.69, 9.17) is 13.9 Å². The lowest BCUT2D eigenvalue weighted by molar-refractivity contribution is 0.0852. The number of aromatic nitrogens is 1. The van der Waals surface area contributed by atoms with Crippen LogP contribution in [0, 0.1) is 0 Å². The Labute approximate surface area is 146 Å². The molecule has 2 aliphatic rings. The first-order valence-electron chi connectivity index (χ1n) is 8.88. The quantitative estimate of drug-likeness (QED) is 0.902. The molecule has 1 aromatic carbocycles. The second-order valence-electron chi connectivity index (χ2n) is 6.39. The number of carbonyl (C=O) groups excluding carboxylic acids is 1. The van der Waals surface area contributed by atoms with Crippen LogP contribution in [-0.4, -0.2) is 24.1 Å². The minimum absolute atomic E-state index is 0.0306. The normalized spacial score (nSPS) is 22.0. The minimum atomic E-state index is -0.209. The summed E-state index contributed by atoms with van der Waals surface area (Å²) in [6.45, 7) is 3.31. The van der Waals surface area contributed by atoms with Crippen LogP contribution in [-0.2, 0) is 11.2 Å². The van der Waals surface area contributed by atoms with Gasteiger partial charge in [0.15, 0.2) is 17.8 Å². The summed E-state index contributed by atoms with van der Waals surface area (Å²) >= 11 is 0. The molecule has 0 spiro atoms. The summed E-state index contributed by atoms with van der Waals surface area (Å²) in [5.74, 6) is 1.24. The molecule has 6 nitrogen and oxygen atoms in total. The first-order chi connectivity index (χ1) is 12.3. The van der Waals surface area contributed by atoms with Crippen LogP contribution in [0.2, 0.25) is 0 Å². The van der Waals surface area contributed by atoms with E-state index >= 15 is 0 Å². The van der Waals surface area contributed by atoms with Gasteiger partial charge in [-0.25, -0.2) is 4.98 Å². The maximum absolute atomic E-state index is 12.7. The summed E-state index contributed by atoms with van der Waals surface area (Å²) in [4.78, 5) is 16.9. The Bertz CT molecular complexity index is 765. The first kappa shape index (κ1) is 16.1. The summed E-state index contributed by atoms with van der Waals surface area (Å²) in [6, 6.07) is 5.98. The van der Waals surface area contributed by atoms with Gasteiger partial charge in [-0.2, -0.15) is 0 Å². The maximum Gasteiger partial charge on any atom is 0.274 e. The molecular formula is C19H22N2O4. The van der Waals surface area contributed by atoms with Crippen molar-refractivity contribution in [3.05, 3.63) is 47.2 Å². The number of nitrogens with zero attached hydrogens (tertiary/aromatic N) is 1. The molecule has 0 bridgehead atoms. The van der Waals surface area contributed by atoms with E-state index in [1.807, 2.05) is 19.1 Å². The molecule has 2 atom stereocenters. The van der Waals surface area contributed by atoms with Gasteiger partial charge in [0.05, 0.1) is 12.6 Å². The molecule has 1 amide bonds. The Morgan fingerprint density at radius 3 is 3.12 bits per heavy atom. The van der Waals surface area contributed by atoms with Gasteiger partial charge in [0.1, 0.15) is 11.9 Å². The molecule has 1 aliphatic carbocycles. The number of fused-ring (bicyclic) bond motifs is 1. The fourth-order valence-electron chi connectivity index (χ4n) is 3.73. The van der Waals surface area contributed by atoms with Crippen molar-refractivity contribution in [2.75, 3.05) is 13.2 Å². The summed E-state index contributed by atoms with van der Waals surface area (Å²) < 4.78 is 16.8. The molecule has 4 rings (SSSR count). The molecule has 25 heavy (non-hydrogen) atoms. The van der Waals surface area contributed by atoms with Crippen LogP contribution in [0.25, 0.3) is 0 Å². The third-order valence-electron chi connectivity index (χ3n) is 4.86. The molecule has 132 valence electrons. The SMILES string of the molecule is CCOc1cccc2c1CCC2NC(=O)c1ncoc1C1CCCO1. The Balaban J connectivity index is 1.52. The van der Waals surface area contributed by atoms with E-state index in [1.54, 1.807) is 0 Å². The monoisotopic (exact) mass is 342 g/mol. The zero-order valence-electron chi connectivity index (χ0n) is 14.3. The Morgan fingerprint density at radius 2 is 2.32 bits per heavy atom. The van der Waals surface area contributed by atoms with Crippen LogP contribution in [0.1, 0.15) is 65.7 Å². The third-order valence-corrected chi connectivity index (χ3v) is 4.86. The number of amides is 1. The van der Waals surface area contributed by atoms with E-state index in [-0.39, 0.29) is 18.1 Å². The Hall–Kier alpha value is -2.34. The zero-order valence-corrected chi connectivity index (χ0v) is 14.3. The molecule has 0 radical (unpaired) electrons. The average Bonchev–Trinajstić information content (AvgIpc) is 3.36. The molecule has 2 heterocycles. The standard InChI is InChI=1S/C19H22N2O4/c1-2-23-15-6-3-5-12-13(15)8-9-14(12)21-19(22)17-18(25-11-20-17)16-7-4-10-24-16/h3,5-6,11,14,16H,2,4,7-10H2,1H3,(H,21,22). The van der Waals surface area contributed by atoms with Crippen LogP contribution in [0.4, 0.5) is 0 Å². The second kappa shape index (κ2) is 6.88. The number of benzene rings is 1. The highest BCUT2D eigenvalue weighted by Gasteiger charge is 2.31. The van der Waals surface area contributed by atoms with Crippen LogP contribution < -0.4 is 10.1 Å². The van der Waals surface area contributed by atoms with Crippen molar-refractivity contribution < 1.29 is 18.7 Å². The topological polar surface area (TPSA) is 73.6 Å². The number of hydrogen-bond acceptors (Lipinski definition) is 5. The summed E-state index contributed by atoms with van der Waals surface area (Å²) in [7, 11) is 0. The lowest BCUT2D eigenvalue weighted by Crippen LogP contribution is -2.28. The Morgan fingerprint density at radius 1 is 1.40 bits per heavy atom. The van der Waals surface area contributed by atoms with E-state index < -0.39 is 0 Å². The van der Waals surface area contributed by atoms with Crippen LogP contribution in [0.3, 0.4) is 0 Å². The van der Waals surface area contributed by atoms with Crippen LogP contribution in [0.5, 0.6) is 5.75 Å². The predicted molar refractivity (Wildman–Crippen MR) is 90.6 cm³/mol. The summed E-state index contributed by atoms with van der Waals surface area (Å²) in [5, 5.41) is 3.10. The predicted octanol–water partition coefficient (Wildman–Crippen LogP) is 3.34. The van der Waals surface area contributed by atoms with E-state index in [2.05, 4.69) is 16.4 Å². The van der Waals surface area contributed by atoms with E-state index in [0.29, 0.717) is 24.7 Å². The number of nitrogens with one attached hydrogen (secondary N) is 1. The minimum Gasteiger partial charge on any atom is -0.494 e. The highest BCUT2D eigenvalue weighted by molar-refractivity contribution is 5.93. The summed E-state index contributed by atoms with van der Waals surface area (Å²) in [6.07, 6.45) is 4.75. The van der Waals surface area contributed by atoms with Crippen molar-refractivity contribution in [1.82, 2.24) is 10.3 Å². The van der Waals surface area contributed by atoms with Gasteiger partial charge in [-0.15, -0.1) is 0 Å². The third kappa shape index (κ3) is 3.02. The van der Waals surface area contributed by atoms with Gasteiger partial charge < -0.3 is 19.2 Å². The lowest BCUT2D eigenvalue weighted by atomic mass is 10.1. The van der Waals surface area contributed by atoms with Crippen molar-refractivity contribution in [2.24, 2.45) is 0 Å². The van der Waals surface area contributed by atoms with Gasteiger partial charge in [0, 0.05) is 6.61 Å². The Kier molecular flexibility index (Phi) is 4.44. The van der Waals surface area contributed by atoms with Crippen LogP contribution in [0.15, 0.2) is 29.0 Å². The molecule has 1 aliphatic heterocycles. The van der Waals surface area contributed by atoms with Gasteiger partial charge >= 0.3 is 0 Å². The molecule has 1 saturated heterocycles. The van der Waals surface area contributed by atoms with Gasteiger partial charge in [-0.3, -0.25) is 4.79 Å². The lowest BCUT2D eigenvalue weighted by Gasteiger charge is -2.15.